The molecule has 0 heterocycles. The quantitative estimate of drug-likeness (QED) is 0.296. The van der Waals surface area contributed by atoms with Gasteiger partial charge in [-0.3, -0.25) is 13.9 Å². The van der Waals surface area contributed by atoms with Crippen LogP contribution in [0, 0.1) is 0 Å². The van der Waals surface area contributed by atoms with Gasteiger partial charge < -0.3 is 19.7 Å². The molecule has 1 N–H and O–H groups in total. The van der Waals surface area contributed by atoms with Crippen LogP contribution in [0.3, 0.4) is 0 Å². The summed E-state index contributed by atoms with van der Waals surface area (Å²) in [6.07, 6.45) is 6.18. The molecule has 1 saturated carbocycles. The zero-order valence-electron chi connectivity index (χ0n) is 25.1. The summed E-state index contributed by atoms with van der Waals surface area (Å²) in [5.41, 5.74) is 2.12. The molecule has 1 fully saturated rings. The number of methoxy groups -OCH3 is 1. The first kappa shape index (κ1) is 31.9. The highest BCUT2D eigenvalue weighted by Gasteiger charge is 2.31. The maximum atomic E-state index is 13.9. The SMILES string of the molecule is COc1ccc(CN(C(=O)CN(c2ccc(OCc3ccccc3)cc2)S(C)(=O)=O)C(C)C(=O)NC2CCCCC2)cc1. The zero-order valence-corrected chi connectivity index (χ0v) is 25.9. The van der Waals surface area contributed by atoms with Gasteiger partial charge in [-0.1, -0.05) is 61.7 Å². The number of benzene rings is 3. The van der Waals surface area contributed by atoms with E-state index >= 15 is 0 Å². The second kappa shape index (κ2) is 14.9. The monoisotopic (exact) mass is 607 g/mol. The van der Waals surface area contributed by atoms with Gasteiger partial charge >= 0.3 is 0 Å². The lowest BCUT2D eigenvalue weighted by molar-refractivity contribution is -0.139. The van der Waals surface area contributed by atoms with E-state index in [2.05, 4.69) is 5.32 Å². The van der Waals surface area contributed by atoms with Gasteiger partial charge in [0.15, 0.2) is 0 Å². The molecule has 4 rings (SSSR count). The highest BCUT2D eigenvalue weighted by atomic mass is 32.2. The van der Waals surface area contributed by atoms with Crippen molar-refractivity contribution in [3.8, 4) is 11.5 Å². The molecule has 230 valence electrons. The van der Waals surface area contributed by atoms with E-state index in [9.17, 15) is 18.0 Å². The first-order chi connectivity index (χ1) is 20.6. The summed E-state index contributed by atoms with van der Waals surface area (Å²) in [6.45, 7) is 1.73. The van der Waals surface area contributed by atoms with Crippen LogP contribution in [0.1, 0.15) is 50.2 Å². The lowest BCUT2D eigenvalue weighted by Crippen LogP contribution is -2.52. The standard InChI is InChI=1S/C33H41N3O6S/c1-25(33(38)34-28-12-8-5-9-13-28)35(22-26-14-18-30(41-2)19-15-26)32(37)23-36(43(3,39)40)29-16-20-31(21-17-29)42-24-27-10-6-4-7-11-27/h4,6-7,10-11,14-21,25,28H,5,8-9,12-13,22-24H2,1-3H3,(H,34,38). The van der Waals surface area contributed by atoms with E-state index in [1.54, 1.807) is 50.4 Å². The fourth-order valence-corrected chi connectivity index (χ4v) is 5.99. The van der Waals surface area contributed by atoms with Gasteiger partial charge in [-0.25, -0.2) is 8.42 Å². The molecule has 3 aromatic carbocycles. The van der Waals surface area contributed by atoms with Crippen molar-refractivity contribution >= 4 is 27.5 Å². The Hall–Kier alpha value is -4.05. The number of carbonyl (C=O) groups is 2. The number of anilines is 1. The highest BCUT2D eigenvalue weighted by molar-refractivity contribution is 7.92. The Balaban J connectivity index is 1.52. The Labute approximate surface area is 254 Å². The van der Waals surface area contributed by atoms with E-state index in [4.69, 9.17) is 9.47 Å². The summed E-state index contributed by atoms with van der Waals surface area (Å²) in [7, 11) is -2.26. The molecular formula is C33H41N3O6S. The van der Waals surface area contributed by atoms with E-state index in [-0.39, 0.29) is 18.5 Å². The summed E-state index contributed by atoms with van der Waals surface area (Å²) in [5, 5.41) is 3.10. The topological polar surface area (TPSA) is 105 Å². The Kier molecular flexibility index (Phi) is 11.1. The number of amides is 2. The summed E-state index contributed by atoms with van der Waals surface area (Å²) in [4.78, 5) is 28.6. The number of hydrogen-bond acceptors (Lipinski definition) is 6. The third kappa shape index (κ3) is 9.22. The molecule has 43 heavy (non-hydrogen) atoms. The minimum atomic E-state index is -3.84. The summed E-state index contributed by atoms with van der Waals surface area (Å²) in [5.74, 6) is 0.502. The van der Waals surface area contributed by atoms with Gasteiger partial charge in [0.05, 0.1) is 19.1 Å². The van der Waals surface area contributed by atoms with E-state index in [1.165, 1.54) is 4.90 Å². The minimum absolute atomic E-state index is 0.0804. The molecule has 0 radical (unpaired) electrons. The van der Waals surface area contributed by atoms with Crippen molar-refractivity contribution in [2.24, 2.45) is 0 Å². The smallest absolute Gasteiger partial charge is 0.244 e. The Morgan fingerprint density at radius 3 is 2.12 bits per heavy atom. The Morgan fingerprint density at radius 1 is 0.884 bits per heavy atom. The third-order valence-corrected chi connectivity index (χ3v) is 8.82. The maximum absolute atomic E-state index is 13.9. The van der Waals surface area contributed by atoms with E-state index in [1.807, 2.05) is 42.5 Å². The maximum Gasteiger partial charge on any atom is 0.244 e. The molecule has 10 heteroatoms. The summed E-state index contributed by atoms with van der Waals surface area (Å²) in [6, 6.07) is 22.8. The summed E-state index contributed by atoms with van der Waals surface area (Å²) >= 11 is 0. The molecule has 1 aliphatic rings. The lowest BCUT2D eigenvalue weighted by atomic mass is 9.95. The average molecular weight is 608 g/mol. The van der Waals surface area contributed by atoms with Crippen molar-refractivity contribution in [1.82, 2.24) is 10.2 Å². The van der Waals surface area contributed by atoms with Crippen molar-refractivity contribution in [3.63, 3.8) is 0 Å². The van der Waals surface area contributed by atoms with Gasteiger partial charge in [0.1, 0.15) is 30.7 Å². The molecule has 0 saturated heterocycles. The van der Waals surface area contributed by atoms with Crippen LogP contribution in [0.25, 0.3) is 0 Å². The van der Waals surface area contributed by atoms with Crippen molar-refractivity contribution in [1.29, 1.82) is 0 Å². The van der Waals surface area contributed by atoms with Crippen molar-refractivity contribution in [3.05, 3.63) is 90.0 Å². The number of carbonyl (C=O) groups excluding carboxylic acids is 2. The van der Waals surface area contributed by atoms with Crippen LogP contribution in [0.5, 0.6) is 11.5 Å². The summed E-state index contributed by atoms with van der Waals surface area (Å²) < 4.78 is 38.0. The van der Waals surface area contributed by atoms with Gasteiger partial charge in [-0.15, -0.1) is 0 Å². The van der Waals surface area contributed by atoms with E-state index in [0.29, 0.717) is 23.8 Å². The van der Waals surface area contributed by atoms with Crippen molar-refractivity contribution in [2.45, 2.75) is 64.3 Å². The molecule has 0 aliphatic heterocycles. The number of nitrogens with zero attached hydrogens (tertiary/aromatic N) is 2. The molecule has 9 nitrogen and oxygen atoms in total. The van der Waals surface area contributed by atoms with Gasteiger partial charge in [-0.05, 0) is 67.3 Å². The minimum Gasteiger partial charge on any atom is -0.497 e. The third-order valence-electron chi connectivity index (χ3n) is 7.68. The van der Waals surface area contributed by atoms with Crippen LogP contribution < -0.4 is 19.1 Å². The van der Waals surface area contributed by atoms with E-state index < -0.39 is 28.5 Å². The predicted octanol–water partition coefficient (Wildman–Crippen LogP) is 4.91. The van der Waals surface area contributed by atoms with Crippen LogP contribution in [-0.2, 0) is 32.8 Å². The van der Waals surface area contributed by atoms with Gasteiger partial charge in [0, 0.05) is 12.6 Å². The van der Waals surface area contributed by atoms with Crippen LogP contribution in [-0.4, -0.2) is 57.1 Å². The fourth-order valence-electron chi connectivity index (χ4n) is 5.14. The molecule has 2 amide bonds. The molecule has 0 aromatic heterocycles. The second-order valence-corrected chi connectivity index (χ2v) is 12.8. The molecule has 1 aliphatic carbocycles. The van der Waals surface area contributed by atoms with Gasteiger partial charge in [0.2, 0.25) is 21.8 Å². The second-order valence-electron chi connectivity index (χ2n) is 10.9. The number of rotatable bonds is 13. The van der Waals surface area contributed by atoms with Crippen LogP contribution in [0.4, 0.5) is 5.69 Å². The molecule has 3 aromatic rings. The number of nitrogens with one attached hydrogen (secondary N) is 1. The molecule has 0 spiro atoms. The average Bonchev–Trinajstić information content (AvgIpc) is 3.02. The van der Waals surface area contributed by atoms with Crippen LogP contribution in [0.2, 0.25) is 0 Å². The molecule has 0 bridgehead atoms. The fraction of sp³-hybridized carbons (Fsp3) is 0.394. The van der Waals surface area contributed by atoms with Crippen molar-refractivity contribution < 1.29 is 27.5 Å². The molecule has 1 atom stereocenters. The van der Waals surface area contributed by atoms with Crippen LogP contribution >= 0.6 is 0 Å². The number of sulfonamides is 1. The molecule has 1 unspecified atom stereocenters. The number of ether oxygens (including phenoxy) is 2. The Bertz CT molecular complexity index is 1440. The highest BCUT2D eigenvalue weighted by Crippen LogP contribution is 2.24. The molecular weight excluding hydrogens is 566 g/mol. The first-order valence-corrected chi connectivity index (χ1v) is 16.5. The van der Waals surface area contributed by atoms with Crippen molar-refractivity contribution in [2.75, 3.05) is 24.2 Å². The first-order valence-electron chi connectivity index (χ1n) is 14.6. The van der Waals surface area contributed by atoms with Gasteiger partial charge in [0.25, 0.3) is 0 Å². The number of hydrogen-bond donors (Lipinski definition) is 1. The zero-order chi connectivity index (χ0) is 30.8. The predicted molar refractivity (Wildman–Crippen MR) is 167 cm³/mol. The lowest BCUT2D eigenvalue weighted by Gasteiger charge is -2.33. The largest absolute Gasteiger partial charge is 0.497 e. The Morgan fingerprint density at radius 2 is 1.51 bits per heavy atom. The van der Waals surface area contributed by atoms with E-state index in [0.717, 1.165) is 53.8 Å². The van der Waals surface area contributed by atoms with Crippen LogP contribution in [0.15, 0.2) is 78.9 Å². The normalized spacial score (nSPS) is 14.4. The van der Waals surface area contributed by atoms with Gasteiger partial charge in [-0.2, -0.15) is 0 Å².